The molecule has 0 aromatic carbocycles. The van der Waals surface area contributed by atoms with E-state index in [1.807, 2.05) is 20.8 Å². The Balaban J connectivity index is 2.56. The van der Waals surface area contributed by atoms with E-state index in [9.17, 15) is 13.2 Å². The van der Waals surface area contributed by atoms with Crippen LogP contribution in [0.5, 0.6) is 0 Å². The number of nitrogens with zero attached hydrogens (tertiary/aromatic N) is 1. The van der Waals surface area contributed by atoms with Gasteiger partial charge in [-0.1, -0.05) is 0 Å². The molecule has 1 aliphatic rings. The van der Waals surface area contributed by atoms with Gasteiger partial charge in [-0.25, -0.2) is 13.2 Å². The van der Waals surface area contributed by atoms with E-state index in [1.165, 1.54) is 6.26 Å². The van der Waals surface area contributed by atoms with Crippen LogP contribution in [0.3, 0.4) is 0 Å². The van der Waals surface area contributed by atoms with Crippen molar-refractivity contribution >= 4 is 15.9 Å². The van der Waals surface area contributed by atoms with Crippen LogP contribution in [0.15, 0.2) is 0 Å². The quantitative estimate of drug-likeness (QED) is 0.770. The molecule has 0 radical (unpaired) electrons. The van der Waals surface area contributed by atoms with Gasteiger partial charge >= 0.3 is 6.09 Å². The van der Waals surface area contributed by atoms with Crippen LogP contribution in [0.25, 0.3) is 0 Å². The summed E-state index contributed by atoms with van der Waals surface area (Å²) >= 11 is 0. The zero-order valence-electron chi connectivity index (χ0n) is 11.6. The molecule has 0 saturated carbocycles. The fourth-order valence-electron chi connectivity index (χ4n) is 2.12. The van der Waals surface area contributed by atoms with Crippen LogP contribution in [0.2, 0.25) is 0 Å². The maximum atomic E-state index is 11.9. The number of sulfone groups is 1. The minimum atomic E-state index is -2.99. The Morgan fingerprint density at radius 1 is 1.39 bits per heavy atom. The van der Waals surface area contributed by atoms with Gasteiger partial charge in [0.05, 0.1) is 5.75 Å². The molecule has 0 N–H and O–H groups in total. The molecule has 18 heavy (non-hydrogen) atoms. The van der Waals surface area contributed by atoms with Crippen molar-refractivity contribution in [3.8, 4) is 0 Å². The Morgan fingerprint density at radius 3 is 2.50 bits per heavy atom. The smallest absolute Gasteiger partial charge is 0.410 e. The van der Waals surface area contributed by atoms with Crippen LogP contribution >= 0.6 is 0 Å². The molecule has 1 amide bonds. The molecule has 5 nitrogen and oxygen atoms in total. The SMILES string of the molecule is CC(C)(C)OC(=O)N1CCC[C@H](CS(C)(=O)=O)C1. The number of amides is 1. The van der Waals surface area contributed by atoms with E-state index in [-0.39, 0.29) is 17.8 Å². The maximum Gasteiger partial charge on any atom is 0.410 e. The number of piperidine rings is 1. The summed E-state index contributed by atoms with van der Waals surface area (Å²) in [5.74, 6) is 0.174. The highest BCUT2D eigenvalue weighted by atomic mass is 32.2. The van der Waals surface area contributed by atoms with Gasteiger partial charge in [0.15, 0.2) is 0 Å². The molecule has 0 unspecified atom stereocenters. The van der Waals surface area contributed by atoms with Crippen molar-refractivity contribution < 1.29 is 17.9 Å². The largest absolute Gasteiger partial charge is 0.444 e. The number of ether oxygens (including phenoxy) is 1. The molecular weight excluding hydrogens is 254 g/mol. The first-order valence-electron chi connectivity index (χ1n) is 6.22. The summed E-state index contributed by atoms with van der Waals surface area (Å²) in [6.45, 7) is 6.59. The molecule has 1 fully saturated rings. The average molecular weight is 277 g/mol. The summed E-state index contributed by atoms with van der Waals surface area (Å²) in [6.07, 6.45) is 2.58. The van der Waals surface area contributed by atoms with E-state index in [4.69, 9.17) is 4.74 Å². The summed E-state index contributed by atoms with van der Waals surface area (Å²) in [5, 5.41) is 0. The lowest BCUT2D eigenvalue weighted by Crippen LogP contribution is -2.44. The first-order valence-corrected chi connectivity index (χ1v) is 8.28. The molecule has 1 aliphatic heterocycles. The Bertz CT molecular complexity index is 397. The number of carbonyl (C=O) groups is 1. The maximum absolute atomic E-state index is 11.9. The van der Waals surface area contributed by atoms with Crippen LogP contribution in [-0.4, -0.2) is 50.1 Å². The van der Waals surface area contributed by atoms with Crippen LogP contribution in [0.1, 0.15) is 33.6 Å². The van der Waals surface area contributed by atoms with Crippen molar-refractivity contribution in [1.82, 2.24) is 4.90 Å². The molecule has 0 aliphatic carbocycles. The van der Waals surface area contributed by atoms with E-state index in [0.717, 1.165) is 12.8 Å². The topological polar surface area (TPSA) is 63.7 Å². The molecule has 1 atom stereocenters. The zero-order chi connectivity index (χ0) is 14.0. The summed E-state index contributed by atoms with van der Waals surface area (Å²) in [5.41, 5.74) is -0.513. The van der Waals surface area contributed by atoms with Crippen molar-refractivity contribution in [2.75, 3.05) is 25.1 Å². The van der Waals surface area contributed by atoms with Gasteiger partial charge < -0.3 is 9.64 Å². The molecule has 106 valence electrons. The number of hydrogen-bond donors (Lipinski definition) is 0. The fraction of sp³-hybridized carbons (Fsp3) is 0.917. The highest BCUT2D eigenvalue weighted by molar-refractivity contribution is 7.90. The Kier molecular flexibility index (Phi) is 4.64. The Morgan fingerprint density at radius 2 is 2.00 bits per heavy atom. The summed E-state index contributed by atoms with van der Waals surface area (Å²) in [6, 6.07) is 0. The molecule has 0 aromatic rings. The van der Waals surface area contributed by atoms with Gasteiger partial charge in [0, 0.05) is 19.3 Å². The van der Waals surface area contributed by atoms with Crippen molar-refractivity contribution in [3.63, 3.8) is 0 Å². The van der Waals surface area contributed by atoms with Gasteiger partial charge in [0.1, 0.15) is 15.4 Å². The monoisotopic (exact) mass is 277 g/mol. The first kappa shape index (κ1) is 15.3. The van der Waals surface area contributed by atoms with Gasteiger partial charge in [0.25, 0.3) is 0 Å². The lowest BCUT2D eigenvalue weighted by molar-refractivity contribution is 0.0176. The summed E-state index contributed by atoms with van der Waals surface area (Å²) in [7, 11) is -2.99. The molecule has 1 saturated heterocycles. The Hall–Kier alpha value is -0.780. The second-order valence-corrected chi connectivity index (χ2v) is 8.21. The summed E-state index contributed by atoms with van der Waals surface area (Å²) in [4.78, 5) is 13.5. The lowest BCUT2D eigenvalue weighted by Gasteiger charge is -2.33. The lowest BCUT2D eigenvalue weighted by atomic mass is 10.0. The van der Waals surface area contributed by atoms with E-state index >= 15 is 0 Å². The predicted molar refractivity (Wildman–Crippen MR) is 70.2 cm³/mol. The molecule has 0 aromatic heterocycles. The van der Waals surface area contributed by atoms with Gasteiger partial charge in [-0.15, -0.1) is 0 Å². The highest BCUT2D eigenvalue weighted by Gasteiger charge is 2.28. The van der Waals surface area contributed by atoms with E-state index < -0.39 is 15.4 Å². The summed E-state index contributed by atoms with van der Waals surface area (Å²) < 4.78 is 27.8. The second-order valence-electron chi connectivity index (χ2n) is 6.03. The number of carbonyl (C=O) groups excluding carboxylic acids is 1. The molecular formula is C12H23NO4S. The fourth-order valence-corrected chi connectivity index (χ4v) is 3.25. The third kappa shape index (κ3) is 5.71. The van der Waals surface area contributed by atoms with Gasteiger partial charge in [-0.3, -0.25) is 0 Å². The number of rotatable bonds is 2. The number of hydrogen-bond acceptors (Lipinski definition) is 4. The van der Waals surface area contributed by atoms with E-state index in [0.29, 0.717) is 13.1 Å². The molecule has 1 rings (SSSR count). The molecule has 1 heterocycles. The van der Waals surface area contributed by atoms with Gasteiger partial charge in [-0.05, 0) is 39.5 Å². The van der Waals surface area contributed by atoms with Crippen molar-refractivity contribution in [2.45, 2.75) is 39.2 Å². The highest BCUT2D eigenvalue weighted by Crippen LogP contribution is 2.20. The average Bonchev–Trinajstić information content (AvgIpc) is 2.12. The van der Waals surface area contributed by atoms with Gasteiger partial charge in [0.2, 0.25) is 0 Å². The third-order valence-corrected chi connectivity index (χ3v) is 3.79. The van der Waals surface area contributed by atoms with Crippen molar-refractivity contribution in [3.05, 3.63) is 0 Å². The van der Waals surface area contributed by atoms with Crippen LogP contribution in [0.4, 0.5) is 4.79 Å². The first-order chi connectivity index (χ1) is 8.07. The molecule has 0 spiro atoms. The normalized spacial score (nSPS) is 21.8. The van der Waals surface area contributed by atoms with Crippen molar-refractivity contribution in [1.29, 1.82) is 0 Å². The standard InChI is InChI=1S/C12H23NO4S/c1-12(2,3)17-11(14)13-7-5-6-10(8-13)9-18(4,15)16/h10H,5-9H2,1-4H3/t10-/m0/s1. The molecule has 6 heteroatoms. The van der Waals surface area contributed by atoms with E-state index in [1.54, 1.807) is 4.90 Å². The van der Waals surface area contributed by atoms with E-state index in [2.05, 4.69) is 0 Å². The second kappa shape index (κ2) is 5.47. The predicted octanol–water partition coefficient (Wildman–Crippen LogP) is 1.68. The van der Waals surface area contributed by atoms with Crippen LogP contribution < -0.4 is 0 Å². The third-order valence-electron chi connectivity index (χ3n) is 2.71. The number of likely N-dealkylation sites (tertiary alicyclic amines) is 1. The zero-order valence-corrected chi connectivity index (χ0v) is 12.4. The van der Waals surface area contributed by atoms with Crippen LogP contribution in [0, 0.1) is 5.92 Å². The minimum Gasteiger partial charge on any atom is -0.444 e. The minimum absolute atomic E-state index is 0.0290. The Labute approximate surface area is 109 Å². The van der Waals surface area contributed by atoms with Gasteiger partial charge in [-0.2, -0.15) is 0 Å². The molecule has 0 bridgehead atoms. The van der Waals surface area contributed by atoms with Crippen molar-refractivity contribution in [2.24, 2.45) is 5.92 Å². The van der Waals surface area contributed by atoms with Crippen LogP contribution in [-0.2, 0) is 14.6 Å².